The largest absolute Gasteiger partial charge is 0.389 e. The Balaban J connectivity index is 1.86. The van der Waals surface area contributed by atoms with Gasteiger partial charge in [-0.2, -0.15) is 0 Å². The first-order chi connectivity index (χ1) is 11.5. The Morgan fingerprint density at radius 1 is 1.12 bits per heavy atom. The van der Waals surface area contributed by atoms with E-state index >= 15 is 0 Å². The average molecular weight is 330 g/mol. The number of benzene rings is 2. The van der Waals surface area contributed by atoms with Gasteiger partial charge in [-0.3, -0.25) is 9.59 Å². The van der Waals surface area contributed by atoms with Crippen molar-refractivity contribution in [1.29, 1.82) is 0 Å². The van der Waals surface area contributed by atoms with Crippen LogP contribution in [0.5, 0.6) is 0 Å². The van der Waals surface area contributed by atoms with Crippen LogP contribution >= 0.6 is 0 Å². The lowest BCUT2D eigenvalue weighted by Crippen LogP contribution is -2.34. The molecule has 0 saturated heterocycles. The van der Waals surface area contributed by atoms with E-state index in [1.165, 1.54) is 18.2 Å². The van der Waals surface area contributed by atoms with Gasteiger partial charge in [0.2, 0.25) is 11.8 Å². The van der Waals surface area contributed by atoms with Crippen molar-refractivity contribution >= 4 is 17.5 Å². The van der Waals surface area contributed by atoms with Gasteiger partial charge >= 0.3 is 0 Å². The lowest BCUT2D eigenvalue weighted by Gasteiger charge is -2.13. The fraction of sp³-hybridized carbons (Fsp3) is 0.222. The fourth-order valence-electron chi connectivity index (χ4n) is 2.24. The monoisotopic (exact) mass is 330 g/mol. The van der Waals surface area contributed by atoms with E-state index < -0.39 is 17.8 Å². The van der Waals surface area contributed by atoms with Crippen molar-refractivity contribution in [2.24, 2.45) is 0 Å². The molecule has 0 aliphatic rings. The zero-order valence-electron chi connectivity index (χ0n) is 13.3. The molecule has 2 aromatic rings. The average Bonchev–Trinajstić information content (AvgIpc) is 2.53. The maximum absolute atomic E-state index is 13.1. The Bertz CT molecular complexity index is 732. The van der Waals surface area contributed by atoms with Gasteiger partial charge in [-0.25, -0.2) is 4.39 Å². The summed E-state index contributed by atoms with van der Waals surface area (Å²) in [4.78, 5) is 23.7. The van der Waals surface area contributed by atoms with E-state index in [0.717, 1.165) is 0 Å². The standard InChI is InChI=1S/C18H19FN2O3/c1-12(22)15-7-2-3-8-16(15)21-18(24)11-20-17(23)10-13-5-4-6-14(19)9-13/h2-9,12,22H,10-11H2,1H3,(H,20,23)(H,21,24). The molecule has 2 rings (SSSR count). The molecule has 0 aromatic heterocycles. The van der Waals surface area contributed by atoms with Crippen LogP contribution < -0.4 is 10.6 Å². The normalized spacial score (nSPS) is 11.6. The molecule has 0 bridgehead atoms. The van der Waals surface area contributed by atoms with Crippen LogP contribution in [0.4, 0.5) is 10.1 Å². The van der Waals surface area contributed by atoms with Gasteiger partial charge in [0.1, 0.15) is 5.82 Å². The lowest BCUT2D eigenvalue weighted by atomic mass is 10.1. The number of anilines is 1. The molecule has 126 valence electrons. The summed E-state index contributed by atoms with van der Waals surface area (Å²) in [7, 11) is 0. The second-order valence-electron chi connectivity index (χ2n) is 5.39. The van der Waals surface area contributed by atoms with E-state index in [4.69, 9.17) is 0 Å². The van der Waals surface area contributed by atoms with E-state index in [9.17, 15) is 19.1 Å². The Morgan fingerprint density at radius 3 is 2.58 bits per heavy atom. The van der Waals surface area contributed by atoms with Crippen molar-refractivity contribution in [3.8, 4) is 0 Å². The number of hydrogen-bond acceptors (Lipinski definition) is 3. The van der Waals surface area contributed by atoms with E-state index in [1.54, 1.807) is 37.3 Å². The van der Waals surface area contributed by atoms with Crippen molar-refractivity contribution in [3.05, 3.63) is 65.5 Å². The van der Waals surface area contributed by atoms with Crippen LogP contribution in [-0.2, 0) is 16.0 Å². The van der Waals surface area contributed by atoms with Gasteiger partial charge in [-0.05, 0) is 30.7 Å². The van der Waals surface area contributed by atoms with Gasteiger partial charge < -0.3 is 15.7 Å². The Hall–Kier alpha value is -2.73. The van der Waals surface area contributed by atoms with Crippen LogP contribution in [0.15, 0.2) is 48.5 Å². The second kappa shape index (κ2) is 8.21. The van der Waals surface area contributed by atoms with Gasteiger partial charge in [0.25, 0.3) is 0 Å². The number of halogens is 1. The molecule has 0 fully saturated rings. The minimum absolute atomic E-state index is 0.00466. The number of nitrogens with one attached hydrogen (secondary N) is 2. The Kier molecular flexibility index (Phi) is 6.03. The predicted octanol–water partition coefficient (Wildman–Crippen LogP) is 2.18. The molecule has 0 aliphatic heterocycles. The lowest BCUT2D eigenvalue weighted by molar-refractivity contribution is -0.123. The molecule has 2 aromatic carbocycles. The van der Waals surface area contributed by atoms with Gasteiger partial charge in [0, 0.05) is 11.3 Å². The first-order valence-electron chi connectivity index (χ1n) is 7.53. The predicted molar refractivity (Wildman–Crippen MR) is 88.8 cm³/mol. The Morgan fingerprint density at radius 2 is 1.88 bits per heavy atom. The molecule has 2 amide bonds. The highest BCUT2D eigenvalue weighted by atomic mass is 19.1. The van der Waals surface area contributed by atoms with Crippen LogP contribution in [0, 0.1) is 5.82 Å². The van der Waals surface area contributed by atoms with E-state index in [-0.39, 0.29) is 18.9 Å². The summed E-state index contributed by atoms with van der Waals surface area (Å²) in [6.07, 6.45) is -0.723. The molecule has 0 aliphatic carbocycles. The quantitative estimate of drug-likeness (QED) is 0.759. The first kappa shape index (κ1) is 17.6. The zero-order chi connectivity index (χ0) is 17.5. The fourth-order valence-corrected chi connectivity index (χ4v) is 2.24. The van der Waals surface area contributed by atoms with Gasteiger partial charge in [-0.15, -0.1) is 0 Å². The zero-order valence-corrected chi connectivity index (χ0v) is 13.3. The van der Waals surface area contributed by atoms with Crippen molar-refractivity contribution in [3.63, 3.8) is 0 Å². The summed E-state index contributed by atoms with van der Waals surface area (Å²) in [6, 6.07) is 12.6. The van der Waals surface area contributed by atoms with Gasteiger partial charge in [0.05, 0.1) is 19.1 Å². The molecule has 0 heterocycles. The summed E-state index contributed by atoms with van der Waals surface area (Å²) in [6.45, 7) is 1.40. The molecular formula is C18H19FN2O3. The first-order valence-corrected chi connectivity index (χ1v) is 7.53. The minimum atomic E-state index is -0.718. The second-order valence-corrected chi connectivity index (χ2v) is 5.39. The number of amides is 2. The van der Waals surface area contributed by atoms with Crippen molar-refractivity contribution in [1.82, 2.24) is 5.32 Å². The third kappa shape index (κ3) is 5.17. The number of aliphatic hydroxyl groups excluding tert-OH is 1. The third-order valence-corrected chi connectivity index (χ3v) is 3.38. The minimum Gasteiger partial charge on any atom is -0.389 e. The number of rotatable bonds is 6. The van der Waals surface area contributed by atoms with Crippen LogP contribution in [0.1, 0.15) is 24.2 Å². The van der Waals surface area contributed by atoms with Crippen molar-refractivity contribution in [2.45, 2.75) is 19.4 Å². The Labute approximate surface area is 139 Å². The number of carbonyl (C=O) groups is 2. The van der Waals surface area contributed by atoms with Crippen LogP contribution in [-0.4, -0.2) is 23.5 Å². The highest BCUT2D eigenvalue weighted by Gasteiger charge is 2.11. The summed E-state index contributed by atoms with van der Waals surface area (Å²) < 4.78 is 13.1. The molecular weight excluding hydrogens is 311 g/mol. The molecule has 24 heavy (non-hydrogen) atoms. The summed E-state index contributed by atoms with van der Waals surface area (Å²) >= 11 is 0. The topological polar surface area (TPSA) is 78.4 Å². The van der Waals surface area contributed by atoms with Crippen LogP contribution in [0.2, 0.25) is 0 Å². The SMILES string of the molecule is CC(O)c1ccccc1NC(=O)CNC(=O)Cc1cccc(F)c1. The third-order valence-electron chi connectivity index (χ3n) is 3.38. The van der Waals surface area contributed by atoms with Gasteiger partial charge in [-0.1, -0.05) is 30.3 Å². The van der Waals surface area contributed by atoms with E-state index in [1.807, 2.05) is 0 Å². The summed E-state index contributed by atoms with van der Waals surface area (Å²) in [5.41, 5.74) is 1.63. The molecule has 0 radical (unpaired) electrons. The number of carbonyl (C=O) groups excluding carboxylic acids is 2. The number of para-hydroxylation sites is 1. The molecule has 0 spiro atoms. The maximum Gasteiger partial charge on any atom is 0.243 e. The van der Waals surface area contributed by atoms with Crippen LogP contribution in [0.3, 0.4) is 0 Å². The number of aliphatic hydroxyl groups is 1. The summed E-state index contributed by atoms with van der Waals surface area (Å²) in [5, 5.41) is 14.8. The van der Waals surface area contributed by atoms with Crippen molar-refractivity contribution < 1.29 is 19.1 Å². The molecule has 1 atom stereocenters. The maximum atomic E-state index is 13.1. The van der Waals surface area contributed by atoms with Crippen LogP contribution in [0.25, 0.3) is 0 Å². The van der Waals surface area contributed by atoms with E-state index in [0.29, 0.717) is 16.8 Å². The molecule has 5 nitrogen and oxygen atoms in total. The highest BCUT2D eigenvalue weighted by molar-refractivity contribution is 5.95. The molecule has 1 unspecified atom stereocenters. The highest BCUT2D eigenvalue weighted by Crippen LogP contribution is 2.21. The van der Waals surface area contributed by atoms with Gasteiger partial charge in [0.15, 0.2) is 0 Å². The van der Waals surface area contributed by atoms with E-state index in [2.05, 4.69) is 10.6 Å². The molecule has 3 N–H and O–H groups in total. The summed E-state index contributed by atoms with van der Waals surface area (Å²) in [5.74, 6) is -1.19. The smallest absolute Gasteiger partial charge is 0.243 e. The number of hydrogen-bond donors (Lipinski definition) is 3. The molecule has 6 heteroatoms. The molecule has 0 saturated carbocycles. The van der Waals surface area contributed by atoms with Crippen molar-refractivity contribution in [2.75, 3.05) is 11.9 Å².